The van der Waals surface area contributed by atoms with Gasteiger partial charge in [0.05, 0.1) is 17.2 Å². The molecule has 0 radical (unpaired) electrons. The van der Waals surface area contributed by atoms with Crippen molar-refractivity contribution in [3.63, 3.8) is 0 Å². The van der Waals surface area contributed by atoms with Gasteiger partial charge in [0.25, 0.3) is 5.91 Å². The fraction of sp³-hybridized carbons (Fsp3) is 0.267. The van der Waals surface area contributed by atoms with Crippen LogP contribution in [0, 0.1) is 0 Å². The molecule has 0 saturated heterocycles. The molecule has 0 saturated carbocycles. The van der Waals surface area contributed by atoms with Crippen LogP contribution in [-0.2, 0) is 11.2 Å². The maximum absolute atomic E-state index is 12.4. The van der Waals surface area contributed by atoms with Crippen molar-refractivity contribution in [2.24, 2.45) is 5.73 Å². The highest BCUT2D eigenvalue weighted by atomic mass is 79.9. The second-order valence-corrected chi connectivity index (χ2v) is 6.42. The Morgan fingerprint density at radius 3 is 2.78 bits per heavy atom. The normalized spacial score (nSPS) is 10.4. The Balaban J connectivity index is 2.29. The summed E-state index contributed by atoms with van der Waals surface area (Å²) in [5.41, 5.74) is 6.10. The fourth-order valence-corrected chi connectivity index (χ4v) is 3.26. The Hall–Kier alpha value is -1.77. The van der Waals surface area contributed by atoms with Crippen molar-refractivity contribution in [1.29, 1.82) is 0 Å². The third-order valence-corrected chi connectivity index (χ3v) is 4.57. The monoisotopic (exact) mass is 397 g/mol. The van der Waals surface area contributed by atoms with Gasteiger partial charge < -0.3 is 15.8 Å². The minimum absolute atomic E-state index is 0.112. The summed E-state index contributed by atoms with van der Waals surface area (Å²) in [6.07, 6.45) is 0.530. The molecule has 23 heavy (non-hydrogen) atoms. The van der Waals surface area contributed by atoms with Crippen LogP contribution in [0.2, 0.25) is 0 Å². The van der Waals surface area contributed by atoms with Crippen LogP contribution >= 0.6 is 27.3 Å². The SMILES string of the molecule is CCOC(=O)c1nc(CCN)sc1NC(=O)c1ccccc1Br. The summed E-state index contributed by atoms with van der Waals surface area (Å²) in [6, 6.07) is 7.04. The number of thiazole rings is 1. The summed E-state index contributed by atoms with van der Waals surface area (Å²) < 4.78 is 5.65. The lowest BCUT2D eigenvalue weighted by atomic mass is 10.2. The van der Waals surface area contributed by atoms with Gasteiger partial charge in [-0.15, -0.1) is 11.3 Å². The van der Waals surface area contributed by atoms with Crippen LogP contribution in [0.3, 0.4) is 0 Å². The number of halogens is 1. The van der Waals surface area contributed by atoms with E-state index in [1.807, 2.05) is 6.07 Å². The van der Waals surface area contributed by atoms with E-state index in [1.165, 1.54) is 11.3 Å². The molecule has 0 aliphatic rings. The van der Waals surface area contributed by atoms with Crippen molar-refractivity contribution in [3.8, 4) is 0 Å². The topological polar surface area (TPSA) is 94.3 Å². The van der Waals surface area contributed by atoms with E-state index < -0.39 is 5.97 Å². The van der Waals surface area contributed by atoms with Gasteiger partial charge in [0.1, 0.15) is 5.00 Å². The predicted molar refractivity (Wildman–Crippen MR) is 92.9 cm³/mol. The average molecular weight is 398 g/mol. The molecule has 2 aromatic rings. The van der Waals surface area contributed by atoms with Crippen LogP contribution in [-0.4, -0.2) is 30.0 Å². The second kappa shape index (κ2) is 8.19. The van der Waals surface area contributed by atoms with E-state index in [2.05, 4.69) is 26.2 Å². The zero-order chi connectivity index (χ0) is 16.8. The van der Waals surface area contributed by atoms with Crippen LogP contribution in [0.1, 0.15) is 32.8 Å². The highest BCUT2D eigenvalue weighted by Crippen LogP contribution is 2.27. The average Bonchev–Trinajstić information content (AvgIpc) is 2.91. The van der Waals surface area contributed by atoms with Crippen molar-refractivity contribution in [3.05, 3.63) is 45.0 Å². The Morgan fingerprint density at radius 2 is 2.13 bits per heavy atom. The zero-order valence-corrected chi connectivity index (χ0v) is 14.9. The maximum Gasteiger partial charge on any atom is 0.360 e. The number of anilines is 1. The van der Waals surface area contributed by atoms with Crippen LogP contribution in [0.15, 0.2) is 28.7 Å². The van der Waals surface area contributed by atoms with Gasteiger partial charge in [0.2, 0.25) is 0 Å². The third kappa shape index (κ3) is 4.37. The Kier molecular flexibility index (Phi) is 6.26. The number of benzene rings is 1. The van der Waals surface area contributed by atoms with E-state index in [9.17, 15) is 9.59 Å². The van der Waals surface area contributed by atoms with E-state index in [0.717, 1.165) is 0 Å². The van der Waals surface area contributed by atoms with Crippen molar-refractivity contribution in [2.75, 3.05) is 18.5 Å². The molecular weight excluding hydrogens is 382 g/mol. The number of nitrogens with zero attached hydrogens (tertiary/aromatic N) is 1. The number of aromatic nitrogens is 1. The number of rotatable bonds is 6. The fourth-order valence-electron chi connectivity index (χ4n) is 1.83. The number of ether oxygens (including phenoxy) is 1. The Morgan fingerprint density at radius 1 is 1.39 bits per heavy atom. The molecular formula is C15H16BrN3O3S. The van der Waals surface area contributed by atoms with Crippen molar-refractivity contribution >= 4 is 44.1 Å². The highest BCUT2D eigenvalue weighted by molar-refractivity contribution is 9.10. The molecule has 1 heterocycles. The zero-order valence-electron chi connectivity index (χ0n) is 12.5. The largest absolute Gasteiger partial charge is 0.461 e. The number of nitrogens with two attached hydrogens (primary N) is 1. The molecule has 0 unspecified atom stereocenters. The van der Waals surface area contributed by atoms with E-state index in [1.54, 1.807) is 25.1 Å². The van der Waals surface area contributed by atoms with Gasteiger partial charge in [0.15, 0.2) is 5.69 Å². The third-order valence-electron chi connectivity index (χ3n) is 2.84. The van der Waals surface area contributed by atoms with Crippen molar-refractivity contribution in [1.82, 2.24) is 4.98 Å². The number of esters is 1. The molecule has 1 amide bonds. The lowest BCUT2D eigenvalue weighted by Crippen LogP contribution is -2.15. The van der Waals surface area contributed by atoms with E-state index in [0.29, 0.717) is 33.0 Å². The van der Waals surface area contributed by atoms with Gasteiger partial charge in [-0.05, 0) is 41.5 Å². The molecule has 8 heteroatoms. The molecule has 1 aromatic carbocycles. The molecule has 0 aliphatic carbocycles. The number of hydrogen-bond acceptors (Lipinski definition) is 6. The van der Waals surface area contributed by atoms with Crippen molar-refractivity contribution in [2.45, 2.75) is 13.3 Å². The first-order valence-electron chi connectivity index (χ1n) is 6.99. The molecule has 0 atom stereocenters. The minimum atomic E-state index is -0.561. The van der Waals surface area contributed by atoms with Gasteiger partial charge in [-0.3, -0.25) is 4.79 Å². The number of carbonyl (C=O) groups excluding carboxylic acids is 2. The van der Waals surface area contributed by atoms with Crippen LogP contribution in [0.4, 0.5) is 5.00 Å². The summed E-state index contributed by atoms with van der Waals surface area (Å²) >= 11 is 4.56. The first-order valence-corrected chi connectivity index (χ1v) is 8.60. The summed E-state index contributed by atoms with van der Waals surface area (Å²) in [6.45, 7) is 2.36. The summed E-state index contributed by atoms with van der Waals surface area (Å²) in [5.74, 6) is -0.888. The quantitative estimate of drug-likeness (QED) is 0.730. The molecule has 0 bridgehead atoms. The Labute approximate surface area is 146 Å². The second-order valence-electron chi connectivity index (χ2n) is 4.48. The highest BCUT2D eigenvalue weighted by Gasteiger charge is 2.22. The van der Waals surface area contributed by atoms with Crippen LogP contribution < -0.4 is 11.1 Å². The molecule has 122 valence electrons. The van der Waals surface area contributed by atoms with E-state index >= 15 is 0 Å². The predicted octanol–water partition coefficient (Wildman–Crippen LogP) is 2.84. The first-order chi connectivity index (χ1) is 11.1. The summed E-state index contributed by atoms with van der Waals surface area (Å²) in [5, 5.41) is 3.78. The van der Waals surface area contributed by atoms with E-state index in [4.69, 9.17) is 10.5 Å². The molecule has 0 aliphatic heterocycles. The number of carbonyl (C=O) groups is 2. The van der Waals surface area contributed by atoms with E-state index in [-0.39, 0.29) is 18.2 Å². The van der Waals surface area contributed by atoms with Crippen LogP contribution in [0.25, 0.3) is 0 Å². The molecule has 6 nitrogen and oxygen atoms in total. The minimum Gasteiger partial charge on any atom is -0.461 e. The molecule has 2 rings (SSSR count). The lowest BCUT2D eigenvalue weighted by molar-refractivity contribution is 0.0521. The first kappa shape index (κ1) is 17.6. The summed E-state index contributed by atoms with van der Waals surface area (Å²) in [4.78, 5) is 28.6. The molecule has 0 fully saturated rings. The van der Waals surface area contributed by atoms with Gasteiger partial charge in [-0.25, -0.2) is 9.78 Å². The van der Waals surface area contributed by atoms with Gasteiger partial charge in [0, 0.05) is 10.9 Å². The van der Waals surface area contributed by atoms with Crippen LogP contribution in [0.5, 0.6) is 0 Å². The summed E-state index contributed by atoms with van der Waals surface area (Å²) in [7, 11) is 0. The van der Waals surface area contributed by atoms with Crippen molar-refractivity contribution < 1.29 is 14.3 Å². The number of nitrogens with one attached hydrogen (secondary N) is 1. The molecule has 3 N–H and O–H groups in total. The number of amides is 1. The van der Waals surface area contributed by atoms with Gasteiger partial charge in [-0.1, -0.05) is 12.1 Å². The maximum atomic E-state index is 12.4. The molecule has 0 spiro atoms. The standard InChI is InChI=1S/C15H16BrN3O3S/c1-2-22-15(21)12-14(23-11(18-12)7-8-17)19-13(20)9-5-3-4-6-10(9)16/h3-6H,2,7-8,17H2,1H3,(H,19,20). The lowest BCUT2D eigenvalue weighted by Gasteiger charge is -2.06. The van der Waals surface area contributed by atoms with Gasteiger partial charge >= 0.3 is 5.97 Å². The smallest absolute Gasteiger partial charge is 0.360 e. The number of hydrogen-bond donors (Lipinski definition) is 2. The Bertz CT molecular complexity index is 718. The van der Waals surface area contributed by atoms with Gasteiger partial charge in [-0.2, -0.15) is 0 Å². The molecule has 1 aromatic heterocycles.